The molecular formula is C18H18O4S. The van der Waals surface area contributed by atoms with Crippen LogP contribution in [0.3, 0.4) is 0 Å². The van der Waals surface area contributed by atoms with Crippen LogP contribution in [-0.2, 0) is 19.3 Å². The minimum Gasteiger partial charge on any atom is -0.362 e. The molecule has 4 nitrogen and oxygen atoms in total. The first kappa shape index (κ1) is 14.0. The maximum Gasteiger partial charge on any atom is 0.190 e. The van der Waals surface area contributed by atoms with E-state index in [0.29, 0.717) is 4.90 Å². The lowest BCUT2D eigenvalue weighted by Crippen LogP contribution is -2.63. The standard InChI is InChI=1S/C18H18O4S/c1-16-10-9-14(22-16)18(15(16)13-8-11-17(18,2)21-13)23(19,20)12-6-4-3-5-7-12/h3-11,13-15H,1-2H3/t13-,14-,15+,16+,17+,18+/m0/s1. The molecular weight excluding hydrogens is 312 g/mol. The van der Waals surface area contributed by atoms with E-state index in [1.165, 1.54) is 0 Å². The summed E-state index contributed by atoms with van der Waals surface area (Å²) >= 11 is 0. The van der Waals surface area contributed by atoms with Gasteiger partial charge in [-0.3, -0.25) is 0 Å². The zero-order valence-corrected chi connectivity index (χ0v) is 13.8. The molecule has 4 aliphatic rings. The molecule has 0 amide bonds. The van der Waals surface area contributed by atoms with Crippen LogP contribution >= 0.6 is 0 Å². The summed E-state index contributed by atoms with van der Waals surface area (Å²) in [4.78, 5) is 0.337. The first-order valence-electron chi connectivity index (χ1n) is 7.89. The summed E-state index contributed by atoms with van der Waals surface area (Å²) in [5.74, 6) is -0.231. The van der Waals surface area contributed by atoms with Gasteiger partial charge in [-0.15, -0.1) is 0 Å². The second kappa shape index (κ2) is 3.79. The van der Waals surface area contributed by atoms with Crippen LogP contribution in [0.5, 0.6) is 0 Å². The van der Waals surface area contributed by atoms with Gasteiger partial charge in [0.2, 0.25) is 0 Å². The van der Waals surface area contributed by atoms with Crippen molar-refractivity contribution in [3.8, 4) is 0 Å². The Labute approximate surface area is 135 Å². The molecule has 23 heavy (non-hydrogen) atoms. The third-order valence-electron chi connectivity index (χ3n) is 6.07. The summed E-state index contributed by atoms with van der Waals surface area (Å²) in [7, 11) is -3.65. The monoisotopic (exact) mass is 330 g/mol. The third-order valence-corrected chi connectivity index (χ3v) is 8.75. The van der Waals surface area contributed by atoms with Crippen molar-refractivity contribution in [1.29, 1.82) is 0 Å². The molecule has 6 atom stereocenters. The molecule has 0 unspecified atom stereocenters. The largest absolute Gasteiger partial charge is 0.362 e. The topological polar surface area (TPSA) is 52.6 Å². The lowest BCUT2D eigenvalue weighted by molar-refractivity contribution is -0.0463. The molecule has 1 aromatic carbocycles. The van der Waals surface area contributed by atoms with Gasteiger partial charge < -0.3 is 9.47 Å². The molecule has 0 saturated carbocycles. The molecule has 2 fully saturated rings. The molecule has 4 bridgehead atoms. The van der Waals surface area contributed by atoms with Crippen LogP contribution in [0.1, 0.15) is 13.8 Å². The van der Waals surface area contributed by atoms with Gasteiger partial charge in [0.1, 0.15) is 16.5 Å². The maximum atomic E-state index is 13.7. The summed E-state index contributed by atoms with van der Waals surface area (Å²) in [5.41, 5.74) is -1.47. The fraction of sp³-hybridized carbons (Fsp3) is 0.444. The van der Waals surface area contributed by atoms with Gasteiger partial charge in [0.05, 0.1) is 16.6 Å². The first-order chi connectivity index (χ1) is 10.9. The fourth-order valence-electron chi connectivity index (χ4n) is 5.22. The van der Waals surface area contributed by atoms with Crippen molar-refractivity contribution in [2.75, 3.05) is 0 Å². The van der Waals surface area contributed by atoms with Crippen LogP contribution in [0, 0.1) is 5.92 Å². The van der Waals surface area contributed by atoms with E-state index in [4.69, 9.17) is 9.47 Å². The summed E-state index contributed by atoms with van der Waals surface area (Å²) in [5, 5.41) is 0. The Bertz CT molecular complexity index is 858. The van der Waals surface area contributed by atoms with E-state index in [2.05, 4.69) is 0 Å². The summed E-state index contributed by atoms with van der Waals surface area (Å²) in [6, 6.07) is 8.68. The van der Waals surface area contributed by atoms with E-state index in [0.717, 1.165) is 0 Å². The predicted octanol–water partition coefficient (Wildman–Crippen LogP) is 2.27. The van der Waals surface area contributed by atoms with E-state index < -0.39 is 31.9 Å². The number of benzene rings is 1. The number of hydrogen-bond acceptors (Lipinski definition) is 4. The van der Waals surface area contributed by atoms with E-state index in [-0.39, 0.29) is 12.0 Å². The number of fused-ring (bicyclic) bond motifs is 9. The number of rotatable bonds is 2. The van der Waals surface area contributed by atoms with Gasteiger partial charge >= 0.3 is 0 Å². The smallest absolute Gasteiger partial charge is 0.190 e. The number of sulfone groups is 1. The van der Waals surface area contributed by atoms with Gasteiger partial charge in [0.25, 0.3) is 0 Å². The van der Waals surface area contributed by atoms with Crippen molar-refractivity contribution in [2.45, 2.75) is 46.9 Å². The van der Waals surface area contributed by atoms with Crippen molar-refractivity contribution in [2.24, 2.45) is 5.92 Å². The minimum atomic E-state index is -3.65. The Morgan fingerprint density at radius 3 is 2.48 bits per heavy atom. The number of hydrogen-bond donors (Lipinski definition) is 0. The van der Waals surface area contributed by atoms with Crippen LogP contribution in [0.4, 0.5) is 0 Å². The van der Waals surface area contributed by atoms with Gasteiger partial charge in [-0.1, -0.05) is 42.5 Å². The van der Waals surface area contributed by atoms with Crippen molar-refractivity contribution in [3.63, 3.8) is 0 Å². The van der Waals surface area contributed by atoms with Crippen molar-refractivity contribution < 1.29 is 17.9 Å². The predicted molar refractivity (Wildman–Crippen MR) is 84.7 cm³/mol. The lowest BCUT2D eigenvalue weighted by Gasteiger charge is -2.44. The Morgan fingerprint density at radius 1 is 1.00 bits per heavy atom. The average molecular weight is 330 g/mol. The Hall–Kier alpha value is -1.43. The molecule has 0 N–H and O–H groups in total. The van der Waals surface area contributed by atoms with E-state index in [1.807, 2.05) is 44.2 Å². The zero-order valence-electron chi connectivity index (χ0n) is 13.0. The summed E-state index contributed by atoms with van der Waals surface area (Å²) in [6.07, 6.45) is 7.10. The molecule has 5 heteroatoms. The SMILES string of the molecule is C[C@]12C=C[C@H](O1)[C@@]1(S(=O)(=O)c3ccccc3)[C@@H]2[C@@H]2C=C[C@@]1(C)O2. The van der Waals surface area contributed by atoms with Crippen molar-refractivity contribution in [1.82, 2.24) is 0 Å². The Morgan fingerprint density at radius 2 is 1.74 bits per heavy atom. The van der Waals surface area contributed by atoms with E-state index in [1.54, 1.807) is 24.3 Å². The molecule has 4 aliphatic heterocycles. The Kier molecular flexibility index (Phi) is 2.30. The quantitative estimate of drug-likeness (QED) is 0.781. The number of ether oxygens (including phenoxy) is 2. The van der Waals surface area contributed by atoms with Crippen molar-refractivity contribution >= 4 is 9.84 Å². The van der Waals surface area contributed by atoms with Crippen LogP contribution in [0.2, 0.25) is 0 Å². The minimum absolute atomic E-state index is 0.224. The van der Waals surface area contributed by atoms with E-state index >= 15 is 0 Å². The average Bonchev–Trinajstić information content (AvgIpc) is 3.23. The van der Waals surface area contributed by atoms with Gasteiger partial charge in [-0.05, 0) is 26.0 Å². The summed E-state index contributed by atoms with van der Waals surface area (Å²) in [6.45, 7) is 3.85. The third kappa shape index (κ3) is 1.28. The zero-order chi connectivity index (χ0) is 16.1. The molecule has 0 aliphatic carbocycles. The lowest BCUT2D eigenvalue weighted by atomic mass is 9.66. The Balaban J connectivity index is 1.83. The van der Waals surface area contributed by atoms with Crippen LogP contribution in [-0.4, -0.2) is 36.6 Å². The second-order valence-corrected chi connectivity index (χ2v) is 9.37. The van der Waals surface area contributed by atoms with Crippen LogP contribution < -0.4 is 0 Å². The first-order valence-corrected chi connectivity index (χ1v) is 9.38. The normalized spacial score (nSPS) is 49.0. The van der Waals surface area contributed by atoms with Gasteiger partial charge in [-0.25, -0.2) is 8.42 Å². The molecule has 0 aromatic heterocycles. The molecule has 0 spiro atoms. The highest BCUT2D eigenvalue weighted by Crippen LogP contribution is 2.67. The van der Waals surface area contributed by atoms with Gasteiger partial charge in [0.15, 0.2) is 9.84 Å². The summed E-state index contributed by atoms with van der Waals surface area (Å²) < 4.78 is 38.7. The molecule has 5 rings (SSSR count). The molecule has 120 valence electrons. The molecule has 1 aromatic rings. The fourth-order valence-corrected chi connectivity index (χ4v) is 7.92. The van der Waals surface area contributed by atoms with Crippen LogP contribution in [0.15, 0.2) is 59.5 Å². The van der Waals surface area contributed by atoms with Gasteiger partial charge in [-0.2, -0.15) is 0 Å². The van der Waals surface area contributed by atoms with Crippen LogP contribution in [0.25, 0.3) is 0 Å². The highest BCUT2D eigenvalue weighted by Gasteiger charge is 2.82. The van der Waals surface area contributed by atoms with Gasteiger partial charge in [0, 0.05) is 5.92 Å². The molecule has 0 radical (unpaired) electrons. The molecule has 4 heterocycles. The van der Waals surface area contributed by atoms with E-state index in [9.17, 15) is 8.42 Å². The van der Waals surface area contributed by atoms with Crippen molar-refractivity contribution in [3.05, 3.63) is 54.6 Å². The maximum absolute atomic E-state index is 13.7. The second-order valence-electron chi connectivity index (χ2n) is 7.22. The highest BCUT2D eigenvalue weighted by molar-refractivity contribution is 7.93. The molecule has 2 saturated heterocycles. The highest BCUT2D eigenvalue weighted by atomic mass is 32.2.